The van der Waals surface area contributed by atoms with Crippen LogP contribution in [-0.2, 0) is 11.3 Å². The molecule has 1 heterocycles. The van der Waals surface area contributed by atoms with Crippen molar-refractivity contribution in [1.29, 1.82) is 0 Å². The standard InChI is InChI=1S/C8H13NOS/c1-9(7-10-2)6-8-4-3-5-11-8/h3-5H,6-7H2,1-2H3. The van der Waals surface area contributed by atoms with Crippen molar-refractivity contribution in [3.05, 3.63) is 22.4 Å². The number of hydrogen-bond donors (Lipinski definition) is 0. The molecular weight excluding hydrogens is 158 g/mol. The Morgan fingerprint density at radius 1 is 1.64 bits per heavy atom. The van der Waals surface area contributed by atoms with Crippen LogP contribution in [0.5, 0.6) is 0 Å². The summed E-state index contributed by atoms with van der Waals surface area (Å²) in [6, 6.07) is 4.21. The van der Waals surface area contributed by atoms with E-state index in [-0.39, 0.29) is 0 Å². The summed E-state index contributed by atoms with van der Waals surface area (Å²) < 4.78 is 4.98. The Labute approximate surface area is 71.4 Å². The molecule has 0 saturated heterocycles. The molecule has 11 heavy (non-hydrogen) atoms. The second-order valence-electron chi connectivity index (χ2n) is 2.51. The van der Waals surface area contributed by atoms with Gasteiger partial charge in [0, 0.05) is 18.5 Å². The highest BCUT2D eigenvalue weighted by molar-refractivity contribution is 7.09. The Kier molecular flexibility index (Phi) is 3.56. The molecule has 62 valence electrons. The van der Waals surface area contributed by atoms with Gasteiger partial charge in [-0.2, -0.15) is 0 Å². The molecule has 1 aromatic rings. The lowest BCUT2D eigenvalue weighted by atomic mass is 10.4. The SMILES string of the molecule is COCN(C)Cc1cccs1. The maximum atomic E-state index is 4.98. The molecule has 1 rings (SSSR count). The van der Waals surface area contributed by atoms with Crippen molar-refractivity contribution in [3.63, 3.8) is 0 Å². The summed E-state index contributed by atoms with van der Waals surface area (Å²) in [6.07, 6.45) is 0. The summed E-state index contributed by atoms with van der Waals surface area (Å²) in [4.78, 5) is 3.51. The van der Waals surface area contributed by atoms with Crippen LogP contribution in [0.2, 0.25) is 0 Å². The van der Waals surface area contributed by atoms with Crippen molar-refractivity contribution in [2.24, 2.45) is 0 Å². The molecule has 0 aromatic carbocycles. The molecule has 0 amide bonds. The third-order valence-corrected chi connectivity index (χ3v) is 2.22. The van der Waals surface area contributed by atoms with Crippen LogP contribution in [0.3, 0.4) is 0 Å². The Bertz CT molecular complexity index is 186. The van der Waals surface area contributed by atoms with Gasteiger partial charge in [-0.05, 0) is 18.5 Å². The normalized spacial score (nSPS) is 10.8. The van der Waals surface area contributed by atoms with E-state index in [1.165, 1.54) is 4.88 Å². The molecule has 0 bridgehead atoms. The van der Waals surface area contributed by atoms with Crippen LogP contribution in [0.1, 0.15) is 4.88 Å². The van der Waals surface area contributed by atoms with Gasteiger partial charge < -0.3 is 4.74 Å². The highest BCUT2D eigenvalue weighted by Crippen LogP contribution is 2.10. The minimum Gasteiger partial charge on any atom is -0.369 e. The fourth-order valence-electron chi connectivity index (χ4n) is 0.935. The minimum absolute atomic E-state index is 0.692. The summed E-state index contributed by atoms with van der Waals surface area (Å²) in [5.74, 6) is 0. The number of nitrogens with zero attached hydrogens (tertiary/aromatic N) is 1. The second kappa shape index (κ2) is 4.49. The molecule has 0 aliphatic rings. The molecule has 0 spiro atoms. The van der Waals surface area contributed by atoms with Crippen molar-refractivity contribution in [2.75, 3.05) is 20.9 Å². The first kappa shape index (κ1) is 8.71. The first-order valence-corrected chi connectivity index (χ1v) is 4.40. The first-order valence-electron chi connectivity index (χ1n) is 3.53. The molecule has 0 atom stereocenters. The zero-order valence-corrected chi connectivity index (χ0v) is 7.73. The molecule has 0 saturated carbocycles. The second-order valence-corrected chi connectivity index (χ2v) is 3.54. The van der Waals surface area contributed by atoms with E-state index in [0.717, 1.165) is 6.54 Å². The van der Waals surface area contributed by atoms with Gasteiger partial charge in [-0.3, -0.25) is 4.90 Å². The smallest absolute Gasteiger partial charge is 0.0987 e. The van der Waals surface area contributed by atoms with Crippen LogP contribution < -0.4 is 0 Å². The molecule has 0 aliphatic heterocycles. The van der Waals surface area contributed by atoms with E-state index in [1.54, 1.807) is 18.4 Å². The first-order chi connectivity index (χ1) is 5.33. The molecule has 0 radical (unpaired) electrons. The van der Waals surface area contributed by atoms with Gasteiger partial charge in [-0.15, -0.1) is 11.3 Å². The summed E-state index contributed by atoms with van der Waals surface area (Å²) in [6.45, 7) is 1.67. The van der Waals surface area contributed by atoms with Gasteiger partial charge in [-0.1, -0.05) is 6.07 Å². The number of hydrogen-bond acceptors (Lipinski definition) is 3. The molecule has 3 heteroatoms. The van der Waals surface area contributed by atoms with Crippen LogP contribution in [0, 0.1) is 0 Å². The molecular formula is C8H13NOS. The van der Waals surface area contributed by atoms with Gasteiger partial charge in [0.2, 0.25) is 0 Å². The van der Waals surface area contributed by atoms with E-state index in [4.69, 9.17) is 4.74 Å². The quantitative estimate of drug-likeness (QED) is 0.640. The summed E-state index contributed by atoms with van der Waals surface area (Å²) in [5.41, 5.74) is 0. The van der Waals surface area contributed by atoms with Crippen molar-refractivity contribution >= 4 is 11.3 Å². The highest BCUT2D eigenvalue weighted by atomic mass is 32.1. The lowest BCUT2D eigenvalue weighted by molar-refractivity contribution is 0.0778. The van der Waals surface area contributed by atoms with Crippen molar-refractivity contribution < 1.29 is 4.74 Å². The van der Waals surface area contributed by atoms with Crippen LogP contribution >= 0.6 is 11.3 Å². The predicted molar refractivity (Wildman–Crippen MR) is 47.7 cm³/mol. The average molecular weight is 171 g/mol. The van der Waals surface area contributed by atoms with Gasteiger partial charge in [-0.25, -0.2) is 0 Å². The Hall–Kier alpha value is -0.380. The van der Waals surface area contributed by atoms with Crippen LogP contribution in [-0.4, -0.2) is 25.8 Å². The molecule has 1 aromatic heterocycles. The zero-order chi connectivity index (χ0) is 8.10. The van der Waals surface area contributed by atoms with Gasteiger partial charge >= 0.3 is 0 Å². The zero-order valence-electron chi connectivity index (χ0n) is 6.91. The Morgan fingerprint density at radius 3 is 3.00 bits per heavy atom. The van der Waals surface area contributed by atoms with E-state index >= 15 is 0 Å². The number of methoxy groups -OCH3 is 1. The predicted octanol–water partition coefficient (Wildman–Crippen LogP) is 1.78. The van der Waals surface area contributed by atoms with Crippen LogP contribution in [0.25, 0.3) is 0 Å². The maximum Gasteiger partial charge on any atom is 0.0987 e. The van der Waals surface area contributed by atoms with Gasteiger partial charge in [0.25, 0.3) is 0 Å². The largest absolute Gasteiger partial charge is 0.369 e. The highest BCUT2D eigenvalue weighted by Gasteiger charge is 1.98. The van der Waals surface area contributed by atoms with Crippen LogP contribution in [0.4, 0.5) is 0 Å². The monoisotopic (exact) mass is 171 g/mol. The lowest BCUT2D eigenvalue weighted by Gasteiger charge is -2.13. The molecule has 0 unspecified atom stereocenters. The van der Waals surface area contributed by atoms with Crippen molar-refractivity contribution in [1.82, 2.24) is 4.90 Å². The van der Waals surface area contributed by atoms with Crippen molar-refractivity contribution in [3.8, 4) is 0 Å². The molecule has 2 nitrogen and oxygen atoms in total. The summed E-state index contributed by atoms with van der Waals surface area (Å²) in [5, 5.41) is 2.09. The number of rotatable bonds is 4. The Morgan fingerprint density at radius 2 is 2.45 bits per heavy atom. The maximum absolute atomic E-state index is 4.98. The third kappa shape index (κ3) is 3.01. The van der Waals surface area contributed by atoms with E-state index < -0.39 is 0 Å². The molecule has 0 N–H and O–H groups in total. The fourth-order valence-corrected chi connectivity index (χ4v) is 1.72. The Balaban J connectivity index is 2.31. The van der Waals surface area contributed by atoms with E-state index in [0.29, 0.717) is 6.73 Å². The summed E-state index contributed by atoms with van der Waals surface area (Å²) >= 11 is 1.78. The van der Waals surface area contributed by atoms with Gasteiger partial charge in [0.15, 0.2) is 0 Å². The van der Waals surface area contributed by atoms with Crippen LogP contribution in [0.15, 0.2) is 17.5 Å². The fraction of sp³-hybridized carbons (Fsp3) is 0.500. The summed E-state index contributed by atoms with van der Waals surface area (Å²) in [7, 11) is 3.76. The lowest BCUT2D eigenvalue weighted by Crippen LogP contribution is -2.19. The third-order valence-electron chi connectivity index (χ3n) is 1.36. The van der Waals surface area contributed by atoms with E-state index in [1.807, 2.05) is 7.05 Å². The molecule has 0 fully saturated rings. The van der Waals surface area contributed by atoms with Crippen molar-refractivity contribution in [2.45, 2.75) is 6.54 Å². The minimum atomic E-state index is 0.692. The number of ether oxygens (including phenoxy) is 1. The average Bonchev–Trinajstić information content (AvgIpc) is 2.40. The topological polar surface area (TPSA) is 12.5 Å². The van der Waals surface area contributed by atoms with E-state index in [2.05, 4.69) is 22.4 Å². The number of thiophene rings is 1. The van der Waals surface area contributed by atoms with Gasteiger partial charge in [0.1, 0.15) is 0 Å². The molecule has 0 aliphatic carbocycles. The van der Waals surface area contributed by atoms with Gasteiger partial charge in [0.05, 0.1) is 6.73 Å². The van der Waals surface area contributed by atoms with E-state index in [9.17, 15) is 0 Å².